The number of amides is 1. The Bertz CT molecular complexity index is 408. The van der Waals surface area contributed by atoms with E-state index in [1.165, 1.54) is 0 Å². The smallest absolute Gasteiger partial charge is 0.265 e. The molecule has 0 unspecified atom stereocenters. The highest BCUT2D eigenvalue weighted by Gasteiger charge is 2.23. The topological polar surface area (TPSA) is 101 Å². The number of nitrogens with one attached hydrogen (secondary N) is 2. The van der Waals surface area contributed by atoms with Crippen molar-refractivity contribution in [2.75, 3.05) is 5.73 Å². The zero-order valence-electron chi connectivity index (χ0n) is 6.05. The summed E-state index contributed by atoms with van der Waals surface area (Å²) < 4.78 is 0. The lowest BCUT2D eigenvalue weighted by Crippen LogP contribution is -2.22. The SMILES string of the molecule is Nc1nc2c(c(=O)[nH]1)C(=O)NC2. The fourth-order valence-electron chi connectivity index (χ4n) is 1.15. The number of fused-ring (bicyclic) bond motifs is 1. The van der Waals surface area contributed by atoms with E-state index in [1.54, 1.807) is 0 Å². The van der Waals surface area contributed by atoms with Crippen molar-refractivity contribution >= 4 is 11.9 Å². The van der Waals surface area contributed by atoms with Gasteiger partial charge in [0.1, 0.15) is 5.56 Å². The second-order valence-electron chi connectivity index (χ2n) is 2.46. The average molecular weight is 166 g/mol. The molecule has 0 saturated carbocycles. The Balaban J connectivity index is 2.77. The number of nitrogens with two attached hydrogens (primary N) is 1. The lowest BCUT2D eigenvalue weighted by Gasteiger charge is -1.94. The quantitative estimate of drug-likeness (QED) is 0.441. The molecule has 0 saturated heterocycles. The summed E-state index contributed by atoms with van der Waals surface area (Å²) in [4.78, 5) is 28.1. The van der Waals surface area contributed by atoms with E-state index < -0.39 is 11.5 Å². The molecule has 0 bridgehead atoms. The van der Waals surface area contributed by atoms with Gasteiger partial charge in [-0.15, -0.1) is 0 Å². The van der Waals surface area contributed by atoms with E-state index in [0.29, 0.717) is 5.69 Å². The summed E-state index contributed by atoms with van der Waals surface area (Å²) in [5, 5.41) is 2.48. The third-order valence-corrected chi connectivity index (χ3v) is 1.66. The Morgan fingerprint density at radius 2 is 2.17 bits per heavy atom. The van der Waals surface area contributed by atoms with E-state index in [2.05, 4.69) is 15.3 Å². The molecule has 1 aromatic rings. The molecule has 62 valence electrons. The van der Waals surface area contributed by atoms with Crippen molar-refractivity contribution in [1.29, 1.82) is 0 Å². The predicted molar refractivity (Wildman–Crippen MR) is 40.4 cm³/mol. The molecule has 0 aromatic carbocycles. The van der Waals surface area contributed by atoms with E-state index in [0.717, 1.165) is 0 Å². The zero-order valence-corrected chi connectivity index (χ0v) is 6.05. The lowest BCUT2D eigenvalue weighted by atomic mass is 10.3. The van der Waals surface area contributed by atoms with E-state index in [4.69, 9.17) is 5.73 Å². The number of nitrogens with zero attached hydrogens (tertiary/aromatic N) is 1. The Hall–Kier alpha value is -1.85. The van der Waals surface area contributed by atoms with Crippen LogP contribution in [0.5, 0.6) is 0 Å². The molecular formula is C6H6N4O2. The van der Waals surface area contributed by atoms with Crippen LogP contribution in [0.4, 0.5) is 5.95 Å². The number of carbonyl (C=O) groups excluding carboxylic acids is 1. The number of anilines is 1. The van der Waals surface area contributed by atoms with Gasteiger partial charge in [0.05, 0.1) is 12.2 Å². The molecule has 4 N–H and O–H groups in total. The molecule has 0 aliphatic carbocycles. The number of hydrogen-bond acceptors (Lipinski definition) is 4. The first-order chi connectivity index (χ1) is 5.68. The largest absolute Gasteiger partial charge is 0.369 e. The maximum atomic E-state index is 11.1. The van der Waals surface area contributed by atoms with Crippen LogP contribution in [0.15, 0.2) is 4.79 Å². The second-order valence-corrected chi connectivity index (χ2v) is 2.46. The van der Waals surface area contributed by atoms with Crippen molar-refractivity contribution in [2.24, 2.45) is 0 Å². The number of rotatable bonds is 0. The standard InChI is InChI=1S/C6H6N4O2/c7-6-9-2-1-8-4(11)3(2)5(12)10-6/h1H2,(H,8,11)(H3,7,9,10,12). The average Bonchev–Trinajstić information content (AvgIpc) is 2.31. The van der Waals surface area contributed by atoms with E-state index in [-0.39, 0.29) is 18.1 Å². The molecule has 1 amide bonds. The lowest BCUT2D eigenvalue weighted by molar-refractivity contribution is 0.0964. The van der Waals surface area contributed by atoms with E-state index in [9.17, 15) is 9.59 Å². The molecule has 0 atom stereocenters. The van der Waals surface area contributed by atoms with Gasteiger partial charge >= 0.3 is 0 Å². The van der Waals surface area contributed by atoms with Crippen LogP contribution in [-0.4, -0.2) is 15.9 Å². The minimum absolute atomic E-state index is 0.0373. The van der Waals surface area contributed by atoms with Gasteiger partial charge < -0.3 is 11.1 Å². The normalized spacial score (nSPS) is 14.2. The molecule has 0 spiro atoms. The number of aromatic amines is 1. The molecule has 1 aliphatic rings. The van der Waals surface area contributed by atoms with Crippen LogP contribution in [0, 0.1) is 0 Å². The maximum absolute atomic E-state index is 11.1. The molecule has 6 nitrogen and oxygen atoms in total. The molecule has 1 aromatic heterocycles. The van der Waals surface area contributed by atoms with Crippen LogP contribution in [0.1, 0.15) is 16.1 Å². The fourth-order valence-corrected chi connectivity index (χ4v) is 1.15. The first-order valence-corrected chi connectivity index (χ1v) is 3.35. The van der Waals surface area contributed by atoms with Gasteiger partial charge in [-0.3, -0.25) is 14.6 Å². The summed E-state index contributed by atoms with van der Waals surface area (Å²) in [5.41, 5.74) is 5.28. The predicted octanol–water partition coefficient (Wildman–Crippen LogP) is -1.40. The molecular weight excluding hydrogens is 160 g/mol. The summed E-state index contributed by atoms with van der Waals surface area (Å²) in [7, 11) is 0. The second kappa shape index (κ2) is 2.07. The summed E-state index contributed by atoms with van der Waals surface area (Å²) in [5.74, 6) is -0.353. The Labute approximate surface area is 66.8 Å². The molecule has 0 radical (unpaired) electrons. The Morgan fingerprint density at radius 3 is 2.92 bits per heavy atom. The number of nitrogen functional groups attached to an aromatic ring is 1. The van der Waals surface area contributed by atoms with Crippen molar-refractivity contribution in [3.8, 4) is 0 Å². The van der Waals surface area contributed by atoms with Gasteiger partial charge in [0.15, 0.2) is 0 Å². The van der Waals surface area contributed by atoms with Crippen LogP contribution < -0.4 is 16.6 Å². The van der Waals surface area contributed by atoms with Crippen LogP contribution in [0.25, 0.3) is 0 Å². The molecule has 1 aliphatic heterocycles. The fraction of sp³-hybridized carbons (Fsp3) is 0.167. The van der Waals surface area contributed by atoms with Gasteiger partial charge in [-0.25, -0.2) is 4.98 Å². The minimum atomic E-state index is -0.479. The van der Waals surface area contributed by atoms with Gasteiger partial charge in [0.25, 0.3) is 11.5 Å². The summed E-state index contributed by atoms with van der Waals surface area (Å²) in [6.45, 7) is 0.280. The molecule has 12 heavy (non-hydrogen) atoms. The molecule has 2 rings (SSSR count). The van der Waals surface area contributed by atoms with Crippen molar-refractivity contribution in [3.63, 3.8) is 0 Å². The Kier molecular flexibility index (Phi) is 1.18. The van der Waals surface area contributed by atoms with Gasteiger partial charge in [-0.05, 0) is 0 Å². The maximum Gasteiger partial charge on any atom is 0.265 e. The van der Waals surface area contributed by atoms with Crippen molar-refractivity contribution in [2.45, 2.75) is 6.54 Å². The third kappa shape index (κ3) is 0.777. The first-order valence-electron chi connectivity index (χ1n) is 3.35. The number of carbonyl (C=O) groups is 1. The number of aromatic nitrogens is 2. The number of hydrogen-bond donors (Lipinski definition) is 3. The molecule has 6 heteroatoms. The van der Waals surface area contributed by atoms with E-state index in [1.807, 2.05) is 0 Å². The molecule has 0 fully saturated rings. The molecule has 2 heterocycles. The summed E-state index contributed by atoms with van der Waals surface area (Å²) in [6, 6.07) is 0. The highest BCUT2D eigenvalue weighted by molar-refractivity contribution is 5.97. The van der Waals surface area contributed by atoms with Crippen molar-refractivity contribution < 1.29 is 4.79 Å². The van der Waals surface area contributed by atoms with Gasteiger partial charge in [0, 0.05) is 0 Å². The van der Waals surface area contributed by atoms with Crippen LogP contribution in [0.2, 0.25) is 0 Å². The monoisotopic (exact) mass is 166 g/mol. The highest BCUT2D eigenvalue weighted by atomic mass is 16.2. The summed E-state index contributed by atoms with van der Waals surface area (Å²) in [6.07, 6.45) is 0. The van der Waals surface area contributed by atoms with Gasteiger partial charge in [-0.2, -0.15) is 0 Å². The van der Waals surface area contributed by atoms with Crippen molar-refractivity contribution in [3.05, 3.63) is 21.6 Å². The van der Waals surface area contributed by atoms with Crippen LogP contribution in [0.3, 0.4) is 0 Å². The third-order valence-electron chi connectivity index (χ3n) is 1.66. The van der Waals surface area contributed by atoms with E-state index >= 15 is 0 Å². The zero-order chi connectivity index (χ0) is 8.72. The first kappa shape index (κ1) is 6.84. The Morgan fingerprint density at radius 1 is 1.42 bits per heavy atom. The van der Waals surface area contributed by atoms with Crippen LogP contribution in [-0.2, 0) is 6.54 Å². The van der Waals surface area contributed by atoms with Gasteiger partial charge in [0.2, 0.25) is 5.95 Å². The minimum Gasteiger partial charge on any atom is -0.369 e. The van der Waals surface area contributed by atoms with Crippen LogP contribution >= 0.6 is 0 Å². The summed E-state index contributed by atoms with van der Waals surface area (Å²) >= 11 is 0. The number of H-pyrrole nitrogens is 1. The van der Waals surface area contributed by atoms with Crippen molar-refractivity contribution in [1.82, 2.24) is 15.3 Å². The van der Waals surface area contributed by atoms with Gasteiger partial charge in [-0.1, -0.05) is 0 Å². The highest BCUT2D eigenvalue weighted by Crippen LogP contribution is 2.07.